The number of rotatable bonds is 6. The molecule has 2 N–H and O–H groups in total. The summed E-state index contributed by atoms with van der Waals surface area (Å²) in [6.45, 7) is 3.28. The molecule has 1 aromatic heterocycles. The summed E-state index contributed by atoms with van der Waals surface area (Å²) in [6, 6.07) is 7.57. The summed E-state index contributed by atoms with van der Waals surface area (Å²) in [7, 11) is 0. The molecule has 2 aromatic rings. The molecule has 0 bridgehead atoms. The van der Waals surface area contributed by atoms with Crippen molar-refractivity contribution >= 4 is 52.9 Å². The standard InChI is InChI=1S/C16H18ClF3N4S.HI/c1-2-21-15(22-7-6-11-4-3-5-12(17)8-11)23-9-14-24-13(10-25-14)16(18,19)20;/h3-5,8,10H,2,6-7,9H2,1H3,(H2,21,22,23);1H. The van der Waals surface area contributed by atoms with Crippen molar-refractivity contribution in [3.8, 4) is 0 Å². The summed E-state index contributed by atoms with van der Waals surface area (Å²) in [5, 5.41) is 8.21. The molecule has 0 aliphatic carbocycles. The zero-order chi connectivity index (χ0) is 18.3. The predicted octanol–water partition coefficient (Wildman–Crippen LogP) is 4.73. The van der Waals surface area contributed by atoms with Gasteiger partial charge in [-0.1, -0.05) is 23.7 Å². The number of benzene rings is 1. The fraction of sp³-hybridized carbons (Fsp3) is 0.375. The Kier molecular flexibility index (Phi) is 9.66. The van der Waals surface area contributed by atoms with Gasteiger partial charge in [0.1, 0.15) is 5.01 Å². The first kappa shape index (κ1) is 23.0. The van der Waals surface area contributed by atoms with Crippen LogP contribution in [-0.2, 0) is 19.1 Å². The fourth-order valence-corrected chi connectivity index (χ4v) is 2.96. The van der Waals surface area contributed by atoms with E-state index in [0.717, 1.165) is 28.7 Å². The number of thiazole rings is 1. The molecule has 0 aliphatic heterocycles. The number of hydrogen-bond acceptors (Lipinski definition) is 3. The van der Waals surface area contributed by atoms with Crippen LogP contribution in [0.5, 0.6) is 0 Å². The average molecular weight is 519 g/mol. The molecule has 10 heteroatoms. The van der Waals surface area contributed by atoms with Crippen molar-refractivity contribution in [3.05, 3.63) is 50.9 Å². The fourth-order valence-electron chi connectivity index (χ4n) is 2.02. The van der Waals surface area contributed by atoms with Gasteiger partial charge in [-0.25, -0.2) is 9.98 Å². The Balaban J connectivity index is 0.00000338. The third-order valence-electron chi connectivity index (χ3n) is 3.15. The molecule has 26 heavy (non-hydrogen) atoms. The zero-order valence-electron chi connectivity index (χ0n) is 13.9. The van der Waals surface area contributed by atoms with Crippen molar-refractivity contribution < 1.29 is 13.2 Å². The van der Waals surface area contributed by atoms with E-state index in [1.807, 2.05) is 31.2 Å². The highest BCUT2D eigenvalue weighted by Gasteiger charge is 2.33. The van der Waals surface area contributed by atoms with Gasteiger partial charge in [0.15, 0.2) is 11.7 Å². The van der Waals surface area contributed by atoms with Crippen LogP contribution in [0.2, 0.25) is 5.02 Å². The number of alkyl halides is 3. The van der Waals surface area contributed by atoms with Crippen LogP contribution in [0.4, 0.5) is 13.2 Å². The van der Waals surface area contributed by atoms with Crippen LogP contribution < -0.4 is 10.6 Å². The first-order valence-electron chi connectivity index (χ1n) is 7.66. The van der Waals surface area contributed by atoms with Gasteiger partial charge in [0.25, 0.3) is 0 Å². The van der Waals surface area contributed by atoms with E-state index in [1.54, 1.807) is 0 Å². The lowest BCUT2D eigenvalue weighted by molar-refractivity contribution is -0.140. The van der Waals surface area contributed by atoms with Gasteiger partial charge in [0.05, 0.1) is 6.54 Å². The first-order chi connectivity index (χ1) is 11.9. The number of nitrogens with one attached hydrogen (secondary N) is 2. The van der Waals surface area contributed by atoms with Gasteiger partial charge < -0.3 is 10.6 Å². The molecule has 1 heterocycles. The van der Waals surface area contributed by atoms with Crippen LogP contribution in [0.1, 0.15) is 23.2 Å². The molecule has 0 atom stereocenters. The third-order valence-corrected chi connectivity index (χ3v) is 4.22. The lowest BCUT2D eigenvalue weighted by Crippen LogP contribution is -2.38. The Morgan fingerprint density at radius 3 is 2.69 bits per heavy atom. The van der Waals surface area contributed by atoms with Gasteiger partial charge in [0, 0.05) is 23.5 Å². The van der Waals surface area contributed by atoms with Crippen LogP contribution >= 0.6 is 46.9 Å². The number of aromatic nitrogens is 1. The largest absolute Gasteiger partial charge is 0.434 e. The smallest absolute Gasteiger partial charge is 0.357 e. The molecular weight excluding hydrogens is 500 g/mol. The van der Waals surface area contributed by atoms with E-state index in [9.17, 15) is 13.2 Å². The van der Waals surface area contributed by atoms with E-state index < -0.39 is 11.9 Å². The van der Waals surface area contributed by atoms with Crippen molar-refractivity contribution in [2.75, 3.05) is 13.1 Å². The van der Waals surface area contributed by atoms with Gasteiger partial charge in [0.2, 0.25) is 0 Å². The van der Waals surface area contributed by atoms with Gasteiger partial charge >= 0.3 is 6.18 Å². The molecule has 0 aliphatic rings. The van der Waals surface area contributed by atoms with E-state index in [1.165, 1.54) is 0 Å². The minimum atomic E-state index is -4.42. The molecule has 1 aromatic carbocycles. The summed E-state index contributed by atoms with van der Waals surface area (Å²) >= 11 is 6.90. The Labute approximate surface area is 176 Å². The minimum absolute atomic E-state index is 0. The maximum absolute atomic E-state index is 12.6. The second kappa shape index (κ2) is 10.9. The number of guanidine groups is 1. The third kappa shape index (κ3) is 7.67. The summed E-state index contributed by atoms with van der Waals surface area (Å²) in [6.07, 6.45) is -3.67. The van der Waals surface area contributed by atoms with E-state index in [4.69, 9.17) is 11.6 Å². The summed E-state index contributed by atoms with van der Waals surface area (Å²) in [5.74, 6) is 0.535. The zero-order valence-corrected chi connectivity index (χ0v) is 17.8. The summed E-state index contributed by atoms with van der Waals surface area (Å²) in [5.41, 5.74) is 0.215. The Bertz CT molecular complexity index is 722. The van der Waals surface area contributed by atoms with Crippen LogP contribution in [0.25, 0.3) is 0 Å². The SMILES string of the molecule is CCNC(=NCc1nc(C(F)(F)F)cs1)NCCc1cccc(Cl)c1.I. The van der Waals surface area contributed by atoms with Gasteiger partial charge in [-0.05, 0) is 31.0 Å². The molecule has 0 amide bonds. The maximum Gasteiger partial charge on any atom is 0.434 e. The van der Waals surface area contributed by atoms with E-state index in [-0.39, 0.29) is 30.5 Å². The number of halogens is 5. The predicted molar refractivity (Wildman–Crippen MR) is 111 cm³/mol. The average Bonchev–Trinajstić information content (AvgIpc) is 3.02. The molecule has 2 rings (SSSR count). The highest BCUT2D eigenvalue weighted by Crippen LogP contribution is 2.30. The van der Waals surface area contributed by atoms with E-state index >= 15 is 0 Å². The van der Waals surface area contributed by atoms with E-state index in [0.29, 0.717) is 29.1 Å². The molecule has 0 fully saturated rings. The van der Waals surface area contributed by atoms with Crippen molar-refractivity contribution in [2.24, 2.45) is 4.99 Å². The van der Waals surface area contributed by atoms with Crippen LogP contribution in [0, 0.1) is 0 Å². The highest BCUT2D eigenvalue weighted by atomic mass is 127. The molecule has 0 spiro atoms. The Morgan fingerprint density at radius 2 is 2.08 bits per heavy atom. The minimum Gasteiger partial charge on any atom is -0.357 e. The van der Waals surface area contributed by atoms with Crippen LogP contribution in [0.15, 0.2) is 34.6 Å². The summed E-state index contributed by atoms with van der Waals surface area (Å²) in [4.78, 5) is 7.84. The van der Waals surface area contributed by atoms with Crippen molar-refractivity contribution in [3.63, 3.8) is 0 Å². The van der Waals surface area contributed by atoms with E-state index in [2.05, 4.69) is 20.6 Å². The normalized spacial score (nSPS) is 11.8. The first-order valence-corrected chi connectivity index (χ1v) is 8.92. The van der Waals surface area contributed by atoms with Gasteiger partial charge in [-0.3, -0.25) is 0 Å². The lowest BCUT2D eigenvalue weighted by atomic mass is 10.1. The lowest BCUT2D eigenvalue weighted by Gasteiger charge is -2.11. The molecule has 0 radical (unpaired) electrons. The van der Waals surface area contributed by atoms with Crippen molar-refractivity contribution in [2.45, 2.75) is 26.1 Å². The Hall–Kier alpha value is -1.07. The molecule has 144 valence electrons. The molecule has 0 unspecified atom stereocenters. The molecule has 0 saturated heterocycles. The highest BCUT2D eigenvalue weighted by molar-refractivity contribution is 14.0. The molecular formula is C16H19ClF3IN4S. The number of nitrogens with zero attached hydrogens (tertiary/aromatic N) is 2. The Morgan fingerprint density at radius 1 is 1.31 bits per heavy atom. The monoisotopic (exact) mass is 518 g/mol. The summed E-state index contributed by atoms with van der Waals surface area (Å²) < 4.78 is 37.7. The number of aliphatic imine (C=N–C) groups is 1. The molecule has 4 nitrogen and oxygen atoms in total. The van der Waals surface area contributed by atoms with Crippen LogP contribution in [-0.4, -0.2) is 24.0 Å². The van der Waals surface area contributed by atoms with Crippen LogP contribution in [0.3, 0.4) is 0 Å². The maximum atomic E-state index is 12.6. The second-order valence-electron chi connectivity index (χ2n) is 5.13. The van der Waals surface area contributed by atoms with Crippen molar-refractivity contribution in [1.29, 1.82) is 0 Å². The topological polar surface area (TPSA) is 49.3 Å². The quantitative estimate of drug-likeness (QED) is 0.330. The van der Waals surface area contributed by atoms with Crippen molar-refractivity contribution in [1.82, 2.24) is 15.6 Å². The molecule has 0 saturated carbocycles. The van der Waals surface area contributed by atoms with Gasteiger partial charge in [-0.15, -0.1) is 35.3 Å². The second-order valence-corrected chi connectivity index (χ2v) is 6.51. The number of hydrogen-bond donors (Lipinski definition) is 2. The van der Waals surface area contributed by atoms with Gasteiger partial charge in [-0.2, -0.15) is 13.2 Å².